The molecular formula is C25H26ClF2IN4O4S. The molecule has 0 atom stereocenters. The molecule has 38 heavy (non-hydrogen) atoms. The first-order valence-electron chi connectivity index (χ1n) is 11.2. The number of nitrogens with zero attached hydrogens (tertiary/aromatic N) is 2. The number of nitrogens with one attached hydrogen (secondary N) is 2. The van der Waals surface area contributed by atoms with Gasteiger partial charge in [-0.05, 0) is 66.5 Å². The van der Waals surface area contributed by atoms with Crippen molar-refractivity contribution in [3.8, 4) is 0 Å². The molecule has 0 aromatic heterocycles. The van der Waals surface area contributed by atoms with Crippen LogP contribution in [0.3, 0.4) is 0 Å². The monoisotopic (exact) mass is 678 g/mol. The van der Waals surface area contributed by atoms with Gasteiger partial charge in [0, 0.05) is 23.2 Å². The number of hydrogen-bond donors (Lipinski definition) is 2. The van der Waals surface area contributed by atoms with Gasteiger partial charge in [-0.2, -0.15) is 4.31 Å². The first kappa shape index (κ1) is 30.2. The maximum Gasteiger partial charge on any atom is 0.277 e. The van der Waals surface area contributed by atoms with E-state index in [4.69, 9.17) is 11.6 Å². The SMILES string of the molecule is CONC(=O)c1cc(S(=O)(=O)N(CCN(C)C)Cc2ccccc2)c(F)c(F)c1Nc1ccc(I)cc1Cl. The van der Waals surface area contributed by atoms with Crippen LogP contribution in [0.15, 0.2) is 59.5 Å². The van der Waals surface area contributed by atoms with E-state index in [1.165, 1.54) is 6.07 Å². The topological polar surface area (TPSA) is 91.0 Å². The Balaban J connectivity index is 2.15. The fourth-order valence-electron chi connectivity index (χ4n) is 3.49. The second-order valence-corrected chi connectivity index (χ2v) is 12.0. The van der Waals surface area contributed by atoms with Gasteiger partial charge in [-0.25, -0.2) is 22.7 Å². The Bertz CT molecular complexity index is 1410. The summed E-state index contributed by atoms with van der Waals surface area (Å²) in [5.74, 6) is -4.19. The summed E-state index contributed by atoms with van der Waals surface area (Å²) in [7, 11) is 0.0694. The second kappa shape index (κ2) is 13.1. The van der Waals surface area contributed by atoms with Gasteiger partial charge >= 0.3 is 0 Å². The lowest BCUT2D eigenvalue weighted by Gasteiger charge is -2.25. The van der Waals surface area contributed by atoms with Gasteiger partial charge in [-0.1, -0.05) is 41.9 Å². The standard InChI is InChI=1S/C25H26ClF2IN4O4S/c1-32(2)11-12-33(15-16-7-5-4-6-8-16)38(35,36)21-14-18(25(34)31-37-3)24(23(28)22(21)27)30-20-10-9-17(29)13-19(20)26/h4-10,13-14,30H,11-12,15H2,1-3H3,(H,31,34). The third kappa shape index (κ3) is 7.18. The number of hydroxylamine groups is 1. The van der Waals surface area contributed by atoms with Crippen LogP contribution in [0.1, 0.15) is 15.9 Å². The molecule has 204 valence electrons. The third-order valence-corrected chi connectivity index (χ3v) is 8.25. The Morgan fingerprint density at radius 1 is 1.05 bits per heavy atom. The number of hydrogen-bond acceptors (Lipinski definition) is 6. The van der Waals surface area contributed by atoms with Gasteiger partial charge in [0.15, 0.2) is 11.6 Å². The quantitative estimate of drug-likeness (QED) is 0.219. The van der Waals surface area contributed by atoms with E-state index in [-0.39, 0.29) is 23.8 Å². The lowest BCUT2D eigenvalue weighted by Crippen LogP contribution is -2.37. The average Bonchev–Trinajstić information content (AvgIpc) is 2.86. The van der Waals surface area contributed by atoms with Crippen molar-refractivity contribution in [2.24, 2.45) is 0 Å². The van der Waals surface area contributed by atoms with Crippen molar-refractivity contribution in [1.29, 1.82) is 0 Å². The van der Waals surface area contributed by atoms with Crippen molar-refractivity contribution in [2.75, 3.05) is 39.6 Å². The number of anilines is 2. The number of amides is 1. The molecule has 0 aliphatic carbocycles. The minimum atomic E-state index is -4.61. The normalized spacial score (nSPS) is 11.7. The van der Waals surface area contributed by atoms with E-state index in [0.717, 1.165) is 21.1 Å². The van der Waals surface area contributed by atoms with E-state index in [0.29, 0.717) is 12.1 Å². The van der Waals surface area contributed by atoms with E-state index >= 15 is 8.78 Å². The van der Waals surface area contributed by atoms with Gasteiger partial charge in [0.2, 0.25) is 10.0 Å². The Kier molecular flexibility index (Phi) is 10.4. The molecule has 0 heterocycles. The molecule has 0 unspecified atom stereocenters. The first-order valence-corrected chi connectivity index (χ1v) is 14.1. The molecule has 0 aliphatic heterocycles. The molecule has 0 bridgehead atoms. The molecule has 3 aromatic carbocycles. The minimum absolute atomic E-state index is 0.0108. The summed E-state index contributed by atoms with van der Waals surface area (Å²) < 4.78 is 60.3. The molecule has 2 N–H and O–H groups in total. The van der Waals surface area contributed by atoms with Crippen molar-refractivity contribution < 1.29 is 26.8 Å². The van der Waals surface area contributed by atoms with E-state index in [1.54, 1.807) is 61.5 Å². The number of likely N-dealkylation sites (N-methyl/N-ethyl adjacent to an activating group) is 1. The zero-order valence-corrected chi connectivity index (χ0v) is 24.5. The maximum atomic E-state index is 15.6. The summed E-state index contributed by atoms with van der Waals surface area (Å²) >= 11 is 8.26. The van der Waals surface area contributed by atoms with Crippen LogP contribution in [0, 0.1) is 15.2 Å². The Morgan fingerprint density at radius 3 is 2.34 bits per heavy atom. The molecule has 8 nitrogen and oxygen atoms in total. The molecule has 3 rings (SSSR count). The number of sulfonamides is 1. The van der Waals surface area contributed by atoms with E-state index in [2.05, 4.69) is 10.2 Å². The van der Waals surface area contributed by atoms with Crippen molar-refractivity contribution in [2.45, 2.75) is 11.4 Å². The van der Waals surface area contributed by atoms with Crippen LogP contribution in [0.4, 0.5) is 20.2 Å². The predicted octanol–water partition coefficient (Wildman–Crippen LogP) is 5.01. The highest BCUT2D eigenvalue weighted by Gasteiger charge is 2.33. The van der Waals surface area contributed by atoms with Gasteiger partial charge in [-0.3, -0.25) is 9.63 Å². The average molecular weight is 679 g/mol. The summed E-state index contributed by atoms with van der Waals surface area (Å²) in [5, 5.41) is 2.81. The maximum absolute atomic E-state index is 15.6. The molecule has 0 fully saturated rings. The predicted molar refractivity (Wildman–Crippen MR) is 151 cm³/mol. The summed E-state index contributed by atoms with van der Waals surface area (Å²) in [4.78, 5) is 18.2. The van der Waals surface area contributed by atoms with Crippen molar-refractivity contribution >= 4 is 61.5 Å². The lowest BCUT2D eigenvalue weighted by molar-refractivity contribution is 0.0538. The molecule has 0 saturated heterocycles. The number of rotatable bonds is 11. The van der Waals surface area contributed by atoms with Gasteiger partial charge in [0.05, 0.1) is 29.1 Å². The van der Waals surface area contributed by atoms with Crippen molar-refractivity contribution in [3.05, 3.63) is 86.0 Å². The van der Waals surface area contributed by atoms with Crippen LogP contribution in [0.25, 0.3) is 0 Å². The molecule has 0 aliphatic rings. The molecule has 3 aromatic rings. The molecule has 1 amide bonds. The number of halogens is 4. The lowest BCUT2D eigenvalue weighted by atomic mass is 10.1. The summed E-state index contributed by atoms with van der Waals surface area (Å²) in [6.07, 6.45) is 0. The number of benzene rings is 3. The van der Waals surface area contributed by atoms with E-state index in [1.807, 2.05) is 28.1 Å². The largest absolute Gasteiger partial charge is 0.351 e. The highest BCUT2D eigenvalue weighted by molar-refractivity contribution is 14.1. The molecule has 0 spiro atoms. The Morgan fingerprint density at radius 2 is 1.74 bits per heavy atom. The van der Waals surface area contributed by atoms with Crippen LogP contribution in [0.2, 0.25) is 5.02 Å². The summed E-state index contributed by atoms with van der Waals surface area (Å²) in [6.45, 7) is 0.219. The number of carbonyl (C=O) groups is 1. The Labute approximate surface area is 239 Å². The van der Waals surface area contributed by atoms with Crippen LogP contribution in [0.5, 0.6) is 0 Å². The molecule has 0 radical (unpaired) electrons. The van der Waals surface area contributed by atoms with Crippen LogP contribution in [-0.4, -0.2) is 57.8 Å². The van der Waals surface area contributed by atoms with Gasteiger partial charge in [0.1, 0.15) is 4.90 Å². The summed E-state index contributed by atoms with van der Waals surface area (Å²) in [5.41, 5.74) is 1.78. The smallest absolute Gasteiger partial charge is 0.277 e. The number of carbonyl (C=O) groups excluding carboxylic acids is 1. The zero-order chi connectivity index (χ0) is 28.0. The molecule has 13 heteroatoms. The van der Waals surface area contributed by atoms with Crippen molar-refractivity contribution in [3.63, 3.8) is 0 Å². The van der Waals surface area contributed by atoms with Crippen LogP contribution in [-0.2, 0) is 21.4 Å². The van der Waals surface area contributed by atoms with Gasteiger partial charge in [0.25, 0.3) is 5.91 Å². The molecular weight excluding hydrogens is 653 g/mol. The Hall–Kier alpha value is -2.36. The van der Waals surface area contributed by atoms with Crippen LogP contribution < -0.4 is 10.8 Å². The molecule has 0 saturated carbocycles. The third-order valence-electron chi connectivity index (χ3n) is 5.42. The van der Waals surface area contributed by atoms with Gasteiger partial charge in [-0.15, -0.1) is 0 Å². The fourth-order valence-corrected chi connectivity index (χ4v) is 5.89. The minimum Gasteiger partial charge on any atom is -0.351 e. The second-order valence-electron chi connectivity index (χ2n) is 8.44. The highest BCUT2D eigenvalue weighted by Crippen LogP contribution is 2.35. The first-order chi connectivity index (χ1) is 17.9. The summed E-state index contributed by atoms with van der Waals surface area (Å²) in [6, 6.07) is 14.3. The zero-order valence-electron chi connectivity index (χ0n) is 20.8. The van der Waals surface area contributed by atoms with E-state index in [9.17, 15) is 13.2 Å². The van der Waals surface area contributed by atoms with E-state index < -0.39 is 43.7 Å². The van der Waals surface area contributed by atoms with Crippen LogP contribution >= 0.6 is 34.2 Å². The highest BCUT2D eigenvalue weighted by atomic mass is 127. The van der Waals surface area contributed by atoms with Gasteiger partial charge < -0.3 is 10.2 Å². The fraction of sp³-hybridized carbons (Fsp3) is 0.240. The van der Waals surface area contributed by atoms with Crippen molar-refractivity contribution in [1.82, 2.24) is 14.7 Å².